The molecule has 0 atom stereocenters. The van der Waals surface area contributed by atoms with Crippen molar-refractivity contribution >= 4 is 57.4 Å². The van der Waals surface area contributed by atoms with Crippen molar-refractivity contribution in [2.45, 2.75) is 33.2 Å². The second-order valence-corrected chi connectivity index (χ2v) is 12.5. The minimum absolute atomic E-state index is 0.00620. The number of hydrogen-bond acceptors (Lipinski definition) is 7. The molecule has 1 aliphatic rings. The molecule has 1 saturated heterocycles. The van der Waals surface area contributed by atoms with Crippen molar-refractivity contribution in [2.75, 3.05) is 26.2 Å². The molecule has 1 N–H and O–H groups in total. The number of aryl methyl sites for hydroxylation is 1. The van der Waals surface area contributed by atoms with Gasteiger partial charge in [0, 0.05) is 48.8 Å². The van der Waals surface area contributed by atoms with Gasteiger partial charge in [0.05, 0.1) is 51.6 Å². The molecule has 6 rings (SSSR count). The fourth-order valence-corrected chi connectivity index (χ4v) is 6.66. The quantitative estimate of drug-likeness (QED) is 0.200. The zero-order valence-electron chi connectivity index (χ0n) is 23.9. The number of carbonyl (C=O) groups is 2. The summed E-state index contributed by atoms with van der Waals surface area (Å²) in [7, 11) is 0. The zero-order valence-corrected chi connectivity index (χ0v) is 26.3. The third kappa shape index (κ3) is 6.46. The van der Waals surface area contributed by atoms with Crippen molar-refractivity contribution in [1.29, 1.82) is 0 Å². The Morgan fingerprint density at radius 3 is 2.59 bits per heavy atom. The molecule has 0 spiro atoms. The lowest BCUT2D eigenvalue weighted by atomic mass is 10.2. The molecular weight excluding hydrogens is 623 g/mol. The maximum Gasteiger partial charge on any atom is 0.335 e. The molecule has 3 aromatic heterocycles. The Labute approximate surface area is 268 Å². The molecular formula is C31H30Cl2N6O4S. The van der Waals surface area contributed by atoms with Gasteiger partial charge in [-0.25, -0.2) is 14.8 Å². The minimum Gasteiger partial charge on any atom is -0.487 e. The summed E-state index contributed by atoms with van der Waals surface area (Å²) in [5.74, 6) is 0.416. The fourth-order valence-electron chi connectivity index (χ4n) is 5.31. The van der Waals surface area contributed by atoms with Crippen LogP contribution in [0.15, 0.2) is 61.1 Å². The first-order chi connectivity index (χ1) is 21.3. The number of rotatable bonds is 10. The van der Waals surface area contributed by atoms with Crippen molar-refractivity contribution in [3.63, 3.8) is 0 Å². The number of carboxylic acid groups (broad SMARTS) is 1. The average molecular weight is 654 g/mol. The van der Waals surface area contributed by atoms with Crippen LogP contribution in [0, 0.1) is 0 Å². The topological polar surface area (TPSA) is 106 Å². The number of ether oxygens (including phenoxy) is 1. The van der Waals surface area contributed by atoms with Crippen LogP contribution in [0.1, 0.15) is 43.3 Å². The monoisotopic (exact) mass is 652 g/mol. The van der Waals surface area contributed by atoms with Crippen LogP contribution in [0.4, 0.5) is 0 Å². The van der Waals surface area contributed by atoms with E-state index in [1.54, 1.807) is 42.7 Å². The third-order valence-electron chi connectivity index (χ3n) is 7.69. The van der Waals surface area contributed by atoms with Crippen LogP contribution in [0.25, 0.3) is 11.0 Å². The smallest absolute Gasteiger partial charge is 0.335 e. The number of fused-ring (bicyclic) bond motifs is 1. The summed E-state index contributed by atoms with van der Waals surface area (Å²) in [5.41, 5.74) is 2.75. The number of benzene rings is 2. The summed E-state index contributed by atoms with van der Waals surface area (Å²) in [5, 5.41) is 10.6. The Hall–Kier alpha value is -3.90. The van der Waals surface area contributed by atoms with Gasteiger partial charge in [-0.05, 0) is 55.5 Å². The Balaban J connectivity index is 1.11. The molecule has 0 radical (unpaired) electrons. The number of imidazole rings is 2. The number of aromatic nitrogens is 4. The molecule has 1 fully saturated rings. The maximum absolute atomic E-state index is 13.3. The van der Waals surface area contributed by atoms with Crippen LogP contribution in [0.2, 0.25) is 10.0 Å². The molecule has 4 heterocycles. The number of nitrogens with zero attached hydrogens (tertiary/aromatic N) is 6. The van der Waals surface area contributed by atoms with Gasteiger partial charge >= 0.3 is 5.97 Å². The third-order valence-corrected chi connectivity index (χ3v) is 9.27. The molecule has 2 aromatic carbocycles. The molecule has 44 heavy (non-hydrogen) atoms. The first-order valence-corrected chi connectivity index (χ1v) is 15.8. The Morgan fingerprint density at radius 1 is 1.02 bits per heavy atom. The molecule has 0 unspecified atom stereocenters. The van der Waals surface area contributed by atoms with Gasteiger partial charge < -0.3 is 23.9 Å². The number of aromatic carboxylic acids is 1. The van der Waals surface area contributed by atoms with E-state index >= 15 is 0 Å². The molecule has 13 heteroatoms. The van der Waals surface area contributed by atoms with Crippen LogP contribution < -0.4 is 4.74 Å². The number of piperazine rings is 1. The Morgan fingerprint density at radius 2 is 1.84 bits per heavy atom. The number of carbonyl (C=O) groups excluding carboxylic acids is 1. The number of thiophene rings is 1. The van der Waals surface area contributed by atoms with Gasteiger partial charge in [-0.1, -0.05) is 23.2 Å². The van der Waals surface area contributed by atoms with Crippen molar-refractivity contribution in [3.8, 4) is 5.75 Å². The van der Waals surface area contributed by atoms with E-state index in [2.05, 4.69) is 25.9 Å². The second kappa shape index (κ2) is 13.0. The van der Waals surface area contributed by atoms with Gasteiger partial charge in [0.15, 0.2) is 0 Å². The van der Waals surface area contributed by atoms with Crippen LogP contribution >= 0.6 is 34.5 Å². The van der Waals surface area contributed by atoms with Crippen molar-refractivity contribution in [3.05, 3.63) is 97.9 Å². The van der Waals surface area contributed by atoms with Gasteiger partial charge in [0.1, 0.15) is 18.2 Å². The maximum atomic E-state index is 13.3. The summed E-state index contributed by atoms with van der Waals surface area (Å²) in [6.07, 6.45) is 3.63. The summed E-state index contributed by atoms with van der Waals surface area (Å²) < 4.78 is 9.97. The van der Waals surface area contributed by atoms with Gasteiger partial charge in [0.25, 0.3) is 5.91 Å². The summed E-state index contributed by atoms with van der Waals surface area (Å²) in [6.45, 7) is 6.82. The second-order valence-electron chi connectivity index (χ2n) is 10.5. The van der Waals surface area contributed by atoms with E-state index in [0.29, 0.717) is 66.5 Å². The lowest BCUT2D eigenvalue weighted by Gasteiger charge is -2.34. The van der Waals surface area contributed by atoms with Gasteiger partial charge in [-0.2, -0.15) is 0 Å². The van der Waals surface area contributed by atoms with E-state index in [-0.39, 0.29) is 11.5 Å². The highest BCUT2D eigenvalue weighted by Gasteiger charge is 2.25. The predicted molar refractivity (Wildman–Crippen MR) is 170 cm³/mol. The highest BCUT2D eigenvalue weighted by Crippen LogP contribution is 2.29. The number of hydrogen-bond donors (Lipinski definition) is 1. The standard InChI is InChI=1S/C31H30Cl2N6O4S/c1-2-37-19-34-15-22(37)16-39-26-13-20(31(41)42)3-6-25(26)35-29(39)17-36-9-11-38(12-10-36)30(40)28-8-5-23(44-28)18-43-27-7-4-21(32)14-24(27)33/h3-8,13-15,19H,2,9-12,16-18H2,1H3,(H,41,42). The highest BCUT2D eigenvalue weighted by molar-refractivity contribution is 7.14. The Kier molecular flexibility index (Phi) is 8.90. The average Bonchev–Trinajstić information content (AvgIpc) is 3.76. The normalized spacial score (nSPS) is 13.9. The zero-order chi connectivity index (χ0) is 30.8. The molecule has 0 bridgehead atoms. The largest absolute Gasteiger partial charge is 0.487 e. The van der Waals surface area contributed by atoms with Crippen LogP contribution in [-0.4, -0.2) is 72.1 Å². The first kappa shape index (κ1) is 30.1. The van der Waals surface area contributed by atoms with Crippen LogP contribution in [0.3, 0.4) is 0 Å². The van der Waals surface area contributed by atoms with Gasteiger partial charge in [0.2, 0.25) is 0 Å². The van der Waals surface area contributed by atoms with Gasteiger partial charge in [-0.15, -0.1) is 11.3 Å². The van der Waals surface area contributed by atoms with E-state index < -0.39 is 5.97 Å². The predicted octanol–water partition coefficient (Wildman–Crippen LogP) is 5.90. The van der Waals surface area contributed by atoms with E-state index in [0.717, 1.165) is 34.0 Å². The number of amides is 1. The summed E-state index contributed by atoms with van der Waals surface area (Å²) in [6, 6.07) is 13.9. The lowest BCUT2D eigenvalue weighted by Crippen LogP contribution is -2.48. The van der Waals surface area contributed by atoms with Crippen molar-refractivity contribution < 1.29 is 19.4 Å². The van der Waals surface area contributed by atoms with E-state index in [1.165, 1.54) is 11.3 Å². The fraction of sp³-hybridized carbons (Fsp3) is 0.290. The summed E-state index contributed by atoms with van der Waals surface area (Å²) >= 11 is 13.6. The number of halogens is 2. The molecule has 1 amide bonds. The van der Waals surface area contributed by atoms with Crippen molar-refractivity contribution in [1.82, 2.24) is 28.9 Å². The minimum atomic E-state index is -0.975. The molecule has 0 aliphatic carbocycles. The van der Waals surface area contributed by atoms with Crippen LogP contribution in [0.5, 0.6) is 5.75 Å². The molecule has 0 saturated carbocycles. The molecule has 228 valence electrons. The first-order valence-electron chi connectivity index (χ1n) is 14.2. The lowest BCUT2D eigenvalue weighted by molar-refractivity contribution is 0.0628. The van der Waals surface area contributed by atoms with E-state index in [9.17, 15) is 14.7 Å². The van der Waals surface area contributed by atoms with Gasteiger partial charge in [-0.3, -0.25) is 9.69 Å². The molecule has 1 aliphatic heterocycles. The van der Waals surface area contributed by atoms with E-state index in [4.69, 9.17) is 32.9 Å². The molecule has 5 aromatic rings. The number of carboxylic acids is 1. The SMILES string of the molecule is CCn1cncc1Cn1c(CN2CCN(C(=O)c3ccc(COc4ccc(Cl)cc4Cl)s3)CC2)nc2ccc(C(=O)O)cc21. The Bertz CT molecular complexity index is 1820. The molecule has 10 nitrogen and oxygen atoms in total. The summed E-state index contributed by atoms with van der Waals surface area (Å²) in [4.78, 5) is 39.9. The highest BCUT2D eigenvalue weighted by atomic mass is 35.5. The van der Waals surface area contributed by atoms with Crippen LogP contribution in [-0.2, 0) is 26.2 Å². The van der Waals surface area contributed by atoms with Crippen molar-refractivity contribution in [2.24, 2.45) is 0 Å². The van der Waals surface area contributed by atoms with E-state index in [1.807, 2.05) is 23.2 Å².